The van der Waals surface area contributed by atoms with Crippen molar-refractivity contribution in [2.45, 2.75) is 18.7 Å². The van der Waals surface area contributed by atoms with Gasteiger partial charge in [0.25, 0.3) is 15.9 Å². The Morgan fingerprint density at radius 3 is 2.39 bits per heavy atom. The average Bonchev–Trinajstić information content (AvgIpc) is 2.49. The lowest BCUT2D eigenvalue weighted by Gasteiger charge is -2.13. The monoisotopic (exact) mass is 352 g/mol. The molecule has 0 saturated heterocycles. The summed E-state index contributed by atoms with van der Waals surface area (Å²) in [4.78, 5) is 11.5. The third-order valence-corrected chi connectivity index (χ3v) is 5.18. The van der Waals surface area contributed by atoms with Crippen molar-refractivity contribution in [3.63, 3.8) is 0 Å². The molecule has 0 fully saturated rings. The smallest absolute Gasteiger partial charge is 0.263 e. The Morgan fingerprint density at radius 1 is 1.09 bits per heavy atom. The molecule has 0 spiro atoms. The van der Waals surface area contributed by atoms with E-state index in [1.54, 1.807) is 6.07 Å². The Balaban J connectivity index is 2.45. The summed E-state index contributed by atoms with van der Waals surface area (Å²) in [5.41, 5.74) is 2.52. The Kier molecular flexibility index (Phi) is 4.97. The summed E-state index contributed by atoms with van der Waals surface area (Å²) >= 11 is 6.01. The summed E-state index contributed by atoms with van der Waals surface area (Å²) in [6.07, 6.45) is 0. The van der Waals surface area contributed by atoms with E-state index in [2.05, 4.69) is 10.0 Å². The van der Waals surface area contributed by atoms with Crippen LogP contribution in [0.5, 0.6) is 0 Å². The Bertz CT molecular complexity index is 864. The molecule has 2 rings (SSSR count). The number of amides is 1. The van der Waals surface area contributed by atoms with Gasteiger partial charge in [0, 0.05) is 12.6 Å². The van der Waals surface area contributed by atoms with Crippen molar-refractivity contribution in [3.05, 3.63) is 58.1 Å². The van der Waals surface area contributed by atoms with E-state index in [1.807, 2.05) is 26.0 Å². The Morgan fingerprint density at radius 2 is 1.78 bits per heavy atom. The lowest BCUT2D eigenvalue weighted by molar-refractivity contribution is 0.0963. The lowest BCUT2D eigenvalue weighted by Crippen LogP contribution is -2.19. The highest BCUT2D eigenvalue weighted by molar-refractivity contribution is 7.92. The van der Waals surface area contributed by atoms with Crippen LogP contribution in [0.1, 0.15) is 21.5 Å². The molecule has 0 radical (unpaired) electrons. The first-order chi connectivity index (χ1) is 10.7. The van der Waals surface area contributed by atoms with Crippen molar-refractivity contribution in [1.29, 1.82) is 0 Å². The van der Waals surface area contributed by atoms with E-state index >= 15 is 0 Å². The van der Waals surface area contributed by atoms with Crippen molar-refractivity contribution in [2.24, 2.45) is 0 Å². The number of halogens is 1. The van der Waals surface area contributed by atoms with Crippen molar-refractivity contribution >= 4 is 33.2 Å². The van der Waals surface area contributed by atoms with Gasteiger partial charge >= 0.3 is 0 Å². The minimum Gasteiger partial charge on any atom is -0.355 e. The third kappa shape index (κ3) is 3.83. The number of carbonyl (C=O) groups excluding carboxylic acids is 1. The van der Waals surface area contributed by atoms with Crippen LogP contribution in [0, 0.1) is 13.8 Å². The fourth-order valence-electron chi connectivity index (χ4n) is 2.12. The molecule has 2 N–H and O–H groups in total. The minimum absolute atomic E-state index is 0.0508. The largest absolute Gasteiger partial charge is 0.355 e. The van der Waals surface area contributed by atoms with E-state index in [9.17, 15) is 13.2 Å². The van der Waals surface area contributed by atoms with E-state index in [1.165, 1.54) is 25.2 Å². The number of anilines is 1. The van der Waals surface area contributed by atoms with Crippen LogP contribution in [-0.4, -0.2) is 21.4 Å². The molecule has 0 bridgehead atoms. The number of carbonyl (C=O) groups is 1. The van der Waals surface area contributed by atoms with Crippen molar-refractivity contribution in [3.8, 4) is 0 Å². The Labute approximate surface area is 140 Å². The minimum atomic E-state index is -3.91. The molecule has 122 valence electrons. The van der Waals surface area contributed by atoms with Gasteiger partial charge in [0.1, 0.15) is 4.90 Å². The van der Waals surface area contributed by atoms with Crippen molar-refractivity contribution < 1.29 is 13.2 Å². The van der Waals surface area contributed by atoms with Crippen LogP contribution in [0.3, 0.4) is 0 Å². The standard InChI is InChI=1S/C16H17ClN2O3S/c1-10-4-7-14(11(2)8-10)19-23(21,22)15-9-12(16(20)18-3)5-6-13(15)17/h4-9,19H,1-3H3,(H,18,20). The van der Waals surface area contributed by atoms with Crippen LogP contribution in [0.25, 0.3) is 0 Å². The number of sulfonamides is 1. The number of hydrogen-bond acceptors (Lipinski definition) is 3. The van der Waals surface area contributed by atoms with Gasteiger partial charge in [-0.05, 0) is 43.7 Å². The van der Waals surface area contributed by atoms with Gasteiger partial charge < -0.3 is 5.32 Å². The number of rotatable bonds is 4. The molecule has 0 aliphatic rings. The molecule has 0 unspecified atom stereocenters. The van der Waals surface area contributed by atoms with Crippen molar-refractivity contribution in [1.82, 2.24) is 5.32 Å². The van der Waals surface area contributed by atoms with Crippen LogP contribution in [0.2, 0.25) is 5.02 Å². The van der Waals surface area contributed by atoms with Gasteiger partial charge in [-0.15, -0.1) is 0 Å². The molecular weight excluding hydrogens is 336 g/mol. The summed E-state index contributed by atoms with van der Waals surface area (Å²) < 4.78 is 27.7. The van der Waals surface area contributed by atoms with Gasteiger partial charge in [-0.3, -0.25) is 9.52 Å². The highest BCUT2D eigenvalue weighted by Crippen LogP contribution is 2.26. The fraction of sp³-hybridized carbons (Fsp3) is 0.188. The highest BCUT2D eigenvalue weighted by atomic mass is 35.5. The molecule has 7 heteroatoms. The van der Waals surface area contributed by atoms with Gasteiger partial charge in [-0.1, -0.05) is 29.3 Å². The summed E-state index contributed by atoms with van der Waals surface area (Å²) in [7, 11) is -2.43. The number of aryl methyl sites for hydroxylation is 2. The molecule has 0 aliphatic carbocycles. The molecule has 0 aromatic heterocycles. The van der Waals surface area contributed by atoms with E-state index in [-0.39, 0.29) is 21.4 Å². The first-order valence-corrected chi connectivity index (χ1v) is 8.72. The number of benzene rings is 2. The summed E-state index contributed by atoms with van der Waals surface area (Å²) in [5, 5.41) is 2.50. The zero-order chi connectivity index (χ0) is 17.2. The van der Waals surface area contributed by atoms with Gasteiger partial charge in [0.05, 0.1) is 10.7 Å². The zero-order valence-electron chi connectivity index (χ0n) is 13.0. The van der Waals surface area contributed by atoms with Gasteiger partial charge in [0.2, 0.25) is 0 Å². The molecular formula is C16H17ClN2O3S. The van der Waals surface area contributed by atoms with Gasteiger partial charge in [0.15, 0.2) is 0 Å². The average molecular weight is 353 g/mol. The quantitative estimate of drug-likeness (QED) is 0.887. The summed E-state index contributed by atoms with van der Waals surface area (Å²) in [5.74, 6) is -0.385. The van der Waals surface area contributed by atoms with E-state index in [4.69, 9.17) is 11.6 Å². The maximum absolute atomic E-state index is 12.6. The normalized spacial score (nSPS) is 11.1. The van der Waals surface area contributed by atoms with Crippen LogP contribution < -0.4 is 10.0 Å². The van der Waals surface area contributed by atoms with Crippen LogP contribution in [-0.2, 0) is 10.0 Å². The van der Waals surface area contributed by atoms with Crippen LogP contribution in [0.4, 0.5) is 5.69 Å². The second-order valence-electron chi connectivity index (χ2n) is 5.15. The van der Waals surface area contributed by atoms with E-state index < -0.39 is 10.0 Å². The molecule has 0 atom stereocenters. The second-order valence-corrected chi connectivity index (χ2v) is 7.21. The maximum atomic E-state index is 12.6. The lowest BCUT2D eigenvalue weighted by atomic mass is 10.1. The number of nitrogens with one attached hydrogen (secondary N) is 2. The van der Waals surface area contributed by atoms with E-state index in [0.29, 0.717) is 5.69 Å². The predicted octanol–water partition coefficient (Wildman–Crippen LogP) is 3.12. The van der Waals surface area contributed by atoms with Gasteiger partial charge in [-0.25, -0.2) is 8.42 Å². The second kappa shape index (κ2) is 6.60. The zero-order valence-corrected chi connectivity index (χ0v) is 14.5. The predicted molar refractivity (Wildman–Crippen MR) is 91.6 cm³/mol. The molecule has 5 nitrogen and oxygen atoms in total. The molecule has 1 amide bonds. The fourth-order valence-corrected chi connectivity index (χ4v) is 3.78. The van der Waals surface area contributed by atoms with Crippen LogP contribution >= 0.6 is 11.6 Å². The molecule has 23 heavy (non-hydrogen) atoms. The summed E-state index contributed by atoms with van der Waals surface area (Å²) in [6.45, 7) is 3.74. The van der Waals surface area contributed by atoms with Crippen LogP contribution in [0.15, 0.2) is 41.3 Å². The highest BCUT2D eigenvalue weighted by Gasteiger charge is 2.20. The van der Waals surface area contributed by atoms with Crippen molar-refractivity contribution in [2.75, 3.05) is 11.8 Å². The first-order valence-electron chi connectivity index (χ1n) is 6.86. The maximum Gasteiger partial charge on any atom is 0.263 e. The first kappa shape index (κ1) is 17.3. The molecule has 0 saturated carbocycles. The molecule has 0 heterocycles. The topological polar surface area (TPSA) is 75.3 Å². The third-order valence-electron chi connectivity index (χ3n) is 3.34. The van der Waals surface area contributed by atoms with Gasteiger partial charge in [-0.2, -0.15) is 0 Å². The number of hydrogen-bond donors (Lipinski definition) is 2. The SMILES string of the molecule is CNC(=O)c1ccc(Cl)c(S(=O)(=O)Nc2ccc(C)cc2C)c1. The molecule has 0 aliphatic heterocycles. The molecule has 2 aromatic carbocycles. The summed E-state index contributed by atoms with van der Waals surface area (Å²) in [6, 6.07) is 9.50. The Hall–Kier alpha value is -2.05. The molecule has 2 aromatic rings. The van der Waals surface area contributed by atoms with E-state index in [0.717, 1.165) is 11.1 Å².